The van der Waals surface area contributed by atoms with E-state index >= 15 is 0 Å². The molecule has 1 heterocycles. The fraction of sp³-hybridized carbons (Fsp3) is 0.286. The van der Waals surface area contributed by atoms with Gasteiger partial charge in [0.05, 0.1) is 6.04 Å². The van der Waals surface area contributed by atoms with E-state index in [1.165, 1.54) is 29.4 Å². The third kappa shape index (κ3) is 3.21. The fourth-order valence-corrected chi connectivity index (χ4v) is 3.40. The maximum Gasteiger partial charge on any atom is 0.220 e. The Labute approximate surface area is 142 Å². The summed E-state index contributed by atoms with van der Waals surface area (Å²) >= 11 is 0. The van der Waals surface area contributed by atoms with Crippen molar-refractivity contribution in [1.29, 1.82) is 0 Å². The molecule has 24 heavy (non-hydrogen) atoms. The molecule has 0 bridgehead atoms. The predicted octanol–water partition coefficient (Wildman–Crippen LogP) is 4.37. The van der Waals surface area contributed by atoms with Gasteiger partial charge in [0, 0.05) is 23.5 Å². The van der Waals surface area contributed by atoms with Crippen molar-refractivity contribution in [2.24, 2.45) is 5.92 Å². The molecule has 0 radical (unpaired) electrons. The van der Waals surface area contributed by atoms with Crippen LogP contribution in [-0.4, -0.2) is 10.9 Å². The molecule has 1 atom stereocenters. The summed E-state index contributed by atoms with van der Waals surface area (Å²) in [6, 6.07) is 18.7. The number of hydrogen-bond acceptors (Lipinski definition) is 1. The summed E-state index contributed by atoms with van der Waals surface area (Å²) in [5.41, 5.74) is 3.57. The lowest BCUT2D eigenvalue weighted by molar-refractivity contribution is -0.122. The van der Waals surface area contributed by atoms with E-state index in [1.54, 1.807) is 0 Å². The van der Waals surface area contributed by atoms with E-state index in [0.29, 0.717) is 12.3 Å². The van der Waals surface area contributed by atoms with Gasteiger partial charge in [-0.25, -0.2) is 0 Å². The van der Waals surface area contributed by atoms with Crippen LogP contribution in [0.2, 0.25) is 0 Å². The molecule has 3 nitrogen and oxygen atoms in total. The van der Waals surface area contributed by atoms with Gasteiger partial charge in [-0.05, 0) is 42.4 Å². The van der Waals surface area contributed by atoms with Gasteiger partial charge in [0.1, 0.15) is 0 Å². The first-order valence-corrected chi connectivity index (χ1v) is 8.70. The van der Waals surface area contributed by atoms with E-state index < -0.39 is 0 Å². The van der Waals surface area contributed by atoms with Crippen LogP contribution in [0.4, 0.5) is 0 Å². The van der Waals surface area contributed by atoms with E-state index in [1.807, 2.05) is 36.5 Å². The molecule has 3 aromatic rings. The summed E-state index contributed by atoms with van der Waals surface area (Å²) in [6.07, 6.45) is 5.73. The molecule has 0 spiro atoms. The Morgan fingerprint density at radius 2 is 1.83 bits per heavy atom. The summed E-state index contributed by atoms with van der Waals surface area (Å²) in [4.78, 5) is 15.7. The number of fused-ring (bicyclic) bond motifs is 1. The number of rotatable bonds is 6. The molecule has 1 amide bonds. The second-order valence-electron chi connectivity index (χ2n) is 6.65. The number of benzene rings is 2. The summed E-state index contributed by atoms with van der Waals surface area (Å²) < 4.78 is 0. The molecule has 1 fully saturated rings. The van der Waals surface area contributed by atoms with Gasteiger partial charge in [-0.2, -0.15) is 0 Å². The largest absolute Gasteiger partial charge is 0.361 e. The molecule has 1 aromatic heterocycles. The summed E-state index contributed by atoms with van der Waals surface area (Å²) in [6.45, 7) is 0. The first kappa shape index (κ1) is 15.0. The summed E-state index contributed by atoms with van der Waals surface area (Å²) in [5.74, 6) is 0.741. The number of aromatic nitrogens is 1. The van der Waals surface area contributed by atoms with Crippen LogP contribution in [0.25, 0.3) is 10.9 Å². The molecule has 0 aliphatic heterocycles. The van der Waals surface area contributed by atoms with Gasteiger partial charge in [-0.15, -0.1) is 0 Å². The average molecular weight is 318 g/mol. The van der Waals surface area contributed by atoms with Crippen molar-refractivity contribution in [2.45, 2.75) is 31.7 Å². The number of H-pyrrole nitrogens is 1. The molecule has 1 unspecified atom stereocenters. The molecule has 1 saturated carbocycles. The van der Waals surface area contributed by atoms with Gasteiger partial charge in [0.25, 0.3) is 0 Å². The molecule has 1 aliphatic rings. The van der Waals surface area contributed by atoms with Gasteiger partial charge in [-0.1, -0.05) is 48.5 Å². The lowest BCUT2D eigenvalue weighted by atomic mass is 10.0. The summed E-state index contributed by atoms with van der Waals surface area (Å²) in [7, 11) is 0. The number of para-hydroxylation sites is 1. The van der Waals surface area contributed by atoms with Crippen LogP contribution in [0.5, 0.6) is 0 Å². The van der Waals surface area contributed by atoms with Crippen LogP contribution in [0.3, 0.4) is 0 Å². The Hall–Kier alpha value is -2.55. The van der Waals surface area contributed by atoms with E-state index in [2.05, 4.69) is 34.6 Å². The SMILES string of the molecule is O=C(CCc1c[nH]c2ccccc12)NC(c1ccccc1)C1CC1. The number of carbonyl (C=O) groups excluding carboxylic acids is 1. The van der Waals surface area contributed by atoms with Crippen molar-refractivity contribution in [3.63, 3.8) is 0 Å². The highest BCUT2D eigenvalue weighted by atomic mass is 16.1. The summed E-state index contributed by atoms with van der Waals surface area (Å²) in [5, 5.41) is 4.47. The zero-order chi connectivity index (χ0) is 16.4. The van der Waals surface area contributed by atoms with E-state index in [-0.39, 0.29) is 11.9 Å². The maximum absolute atomic E-state index is 12.5. The molecule has 0 saturated heterocycles. The molecule has 1 aliphatic carbocycles. The number of aryl methyl sites for hydroxylation is 1. The van der Waals surface area contributed by atoms with Crippen molar-refractivity contribution in [2.75, 3.05) is 0 Å². The standard InChI is InChI=1S/C21H22N2O/c24-20(13-12-17-14-22-19-9-5-4-8-18(17)19)23-21(16-10-11-16)15-6-2-1-3-7-15/h1-9,14,16,21-22H,10-13H2,(H,23,24). The Balaban J connectivity index is 1.41. The minimum absolute atomic E-state index is 0.140. The van der Waals surface area contributed by atoms with Crippen molar-refractivity contribution >= 4 is 16.8 Å². The number of aromatic amines is 1. The van der Waals surface area contributed by atoms with Crippen molar-refractivity contribution in [3.8, 4) is 0 Å². The number of nitrogens with one attached hydrogen (secondary N) is 2. The van der Waals surface area contributed by atoms with Crippen LogP contribution < -0.4 is 5.32 Å². The predicted molar refractivity (Wildman–Crippen MR) is 96.7 cm³/mol. The van der Waals surface area contributed by atoms with E-state index in [0.717, 1.165) is 11.9 Å². The Bertz CT molecular complexity index is 833. The maximum atomic E-state index is 12.5. The molecule has 122 valence electrons. The lowest BCUT2D eigenvalue weighted by Gasteiger charge is -2.18. The Morgan fingerprint density at radius 3 is 2.62 bits per heavy atom. The second-order valence-corrected chi connectivity index (χ2v) is 6.65. The molecule has 4 rings (SSSR count). The van der Waals surface area contributed by atoms with Gasteiger partial charge >= 0.3 is 0 Å². The average Bonchev–Trinajstić information content (AvgIpc) is 3.38. The van der Waals surface area contributed by atoms with E-state index in [9.17, 15) is 4.79 Å². The highest BCUT2D eigenvalue weighted by molar-refractivity contribution is 5.84. The first-order valence-electron chi connectivity index (χ1n) is 8.70. The highest BCUT2D eigenvalue weighted by Gasteiger charge is 2.33. The van der Waals surface area contributed by atoms with Crippen LogP contribution in [-0.2, 0) is 11.2 Å². The van der Waals surface area contributed by atoms with Gasteiger partial charge < -0.3 is 10.3 Å². The van der Waals surface area contributed by atoms with Crippen molar-refractivity contribution in [1.82, 2.24) is 10.3 Å². The van der Waals surface area contributed by atoms with Crippen LogP contribution in [0.15, 0.2) is 60.8 Å². The van der Waals surface area contributed by atoms with Gasteiger partial charge in [-0.3, -0.25) is 4.79 Å². The van der Waals surface area contributed by atoms with Crippen LogP contribution in [0.1, 0.15) is 36.4 Å². The molecular weight excluding hydrogens is 296 g/mol. The number of carbonyl (C=O) groups is 1. The minimum atomic E-state index is 0.140. The normalized spacial score (nSPS) is 15.3. The highest BCUT2D eigenvalue weighted by Crippen LogP contribution is 2.41. The van der Waals surface area contributed by atoms with Gasteiger partial charge in [0.15, 0.2) is 0 Å². The molecule has 3 heteroatoms. The number of amides is 1. The molecule has 2 N–H and O–H groups in total. The topological polar surface area (TPSA) is 44.9 Å². The quantitative estimate of drug-likeness (QED) is 0.696. The molecular formula is C21H22N2O. The van der Waals surface area contributed by atoms with Gasteiger partial charge in [0.2, 0.25) is 5.91 Å². The Morgan fingerprint density at radius 1 is 1.08 bits per heavy atom. The van der Waals surface area contributed by atoms with E-state index in [4.69, 9.17) is 0 Å². The number of hydrogen-bond donors (Lipinski definition) is 2. The lowest BCUT2D eigenvalue weighted by Crippen LogP contribution is -2.30. The molecule has 2 aromatic carbocycles. The third-order valence-corrected chi connectivity index (χ3v) is 4.86. The minimum Gasteiger partial charge on any atom is -0.361 e. The van der Waals surface area contributed by atoms with Crippen molar-refractivity contribution in [3.05, 3.63) is 71.9 Å². The fourth-order valence-electron chi connectivity index (χ4n) is 3.40. The Kier molecular flexibility index (Phi) is 4.08. The monoisotopic (exact) mass is 318 g/mol. The van der Waals surface area contributed by atoms with Crippen LogP contribution in [0, 0.1) is 5.92 Å². The third-order valence-electron chi connectivity index (χ3n) is 4.86. The second kappa shape index (κ2) is 6.52. The zero-order valence-electron chi connectivity index (χ0n) is 13.7. The zero-order valence-corrected chi connectivity index (χ0v) is 13.7. The first-order chi connectivity index (χ1) is 11.8. The van der Waals surface area contributed by atoms with Crippen LogP contribution >= 0.6 is 0 Å². The van der Waals surface area contributed by atoms with Crippen molar-refractivity contribution < 1.29 is 4.79 Å². The smallest absolute Gasteiger partial charge is 0.220 e.